The molecule has 1 N–H and O–H groups in total. The summed E-state index contributed by atoms with van der Waals surface area (Å²) in [6.07, 6.45) is 3.55. The maximum absolute atomic E-state index is 11.9. The van der Waals surface area contributed by atoms with Gasteiger partial charge in [-0.15, -0.1) is 0 Å². The summed E-state index contributed by atoms with van der Waals surface area (Å²) in [7, 11) is 3.91. The molecule has 1 rings (SSSR count). The molecule has 0 aliphatic carbocycles. The van der Waals surface area contributed by atoms with Crippen LogP contribution in [0.1, 0.15) is 32.3 Å². The van der Waals surface area contributed by atoms with Crippen LogP contribution in [-0.4, -0.2) is 25.0 Å². The van der Waals surface area contributed by atoms with E-state index in [1.54, 1.807) is 6.20 Å². The van der Waals surface area contributed by atoms with Gasteiger partial charge in [-0.05, 0) is 30.5 Å². The minimum Gasteiger partial charge on any atom is -0.363 e. The smallest absolute Gasteiger partial charge is 0.223 e. The van der Waals surface area contributed by atoms with Crippen LogP contribution in [-0.2, 0) is 11.3 Å². The minimum atomic E-state index is 0.125. The third-order valence-electron chi connectivity index (χ3n) is 3.09. The van der Waals surface area contributed by atoms with Crippen molar-refractivity contribution in [3.05, 3.63) is 23.9 Å². The molecule has 0 radical (unpaired) electrons. The Labute approximate surface area is 109 Å². The second-order valence-electron chi connectivity index (χ2n) is 4.65. The first-order valence-corrected chi connectivity index (χ1v) is 6.48. The molecular weight excluding hydrogens is 226 g/mol. The number of anilines is 1. The Morgan fingerprint density at radius 3 is 2.61 bits per heavy atom. The van der Waals surface area contributed by atoms with E-state index in [4.69, 9.17) is 0 Å². The molecule has 0 atom stereocenters. The van der Waals surface area contributed by atoms with E-state index in [0.29, 0.717) is 6.54 Å². The van der Waals surface area contributed by atoms with Crippen LogP contribution in [0.2, 0.25) is 0 Å². The zero-order valence-corrected chi connectivity index (χ0v) is 11.7. The molecular formula is C14H23N3O. The molecule has 0 saturated heterocycles. The lowest BCUT2D eigenvalue weighted by molar-refractivity contribution is -0.125. The van der Waals surface area contributed by atoms with E-state index in [1.165, 1.54) is 0 Å². The third-order valence-corrected chi connectivity index (χ3v) is 3.09. The Kier molecular flexibility index (Phi) is 5.62. The van der Waals surface area contributed by atoms with Gasteiger partial charge in [-0.25, -0.2) is 4.98 Å². The fourth-order valence-corrected chi connectivity index (χ4v) is 1.81. The second-order valence-corrected chi connectivity index (χ2v) is 4.65. The van der Waals surface area contributed by atoms with Gasteiger partial charge in [0.2, 0.25) is 5.91 Å². The first kappa shape index (κ1) is 14.5. The number of carbonyl (C=O) groups is 1. The van der Waals surface area contributed by atoms with Gasteiger partial charge in [-0.2, -0.15) is 0 Å². The number of pyridine rings is 1. The van der Waals surface area contributed by atoms with Crippen molar-refractivity contribution in [3.8, 4) is 0 Å². The molecule has 1 aromatic rings. The normalized spacial score (nSPS) is 10.5. The summed E-state index contributed by atoms with van der Waals surface area (Å²) in [4.78, 5) is 18.1. The van der Waals surface area contributed by atoms with Crippen molar-refractivity contribution in [1.29, 1.82) is 0 Å². The third kappa shape index (κ3) is 4.02. The molecule has 0 aromatic carbocycles. The lowest BCUT2D eigenvalue weighted by atomic mass is 10.0. The molecule has 1 heterocycles. The molecule has 0 spiro atoms. The fourth-order valence-electron chi connectivity index (χ4n) is 1.81. The first-order valence-electron chi connectivity index (χ1n) is 6.48. The number of nitrogens with one attached hydrogen (secondary N) is 1. The van der Waals surface area contributed by atoms with Crippen molar-refractivity contribution in [2.45, 2.75) is 33.2 Å². The predicted octanol–water partition coefficient (Wildman–Crippen LogP) is 2.20. The molecule has 1 aromatic heterocycles. The van der Waals surface area contributed by atoms with Crippen LogP contribution in [0.15, 0.2) is 18.3 Å². The summed E-state index contributed by atoms with van der Waals surface area (Å²) in [5.41, 5.74) is 1.08. The van der Waals surface area contributed by atoms with Crippen molar-refractivity contribution < 1.29 is 4.79 Å². The molecule has 0 bridgehead atoms. The highest BCUT2D eigenvalue weighted by atomic mass is 16.1. The number of amides is 1. The van der Waals surface area contributed by atoms with E-state index in [0.717, 1.165) is 24.2 Å². The lowest BCUT2D eigenvalue weighted by Crippen LogP contribution is -2.29. The summed E-state index contributed by atoms with van der Waals surface area (Å²) in [5.74, 6) is 1.17. The Bertz CT molecular complexity index is 386. The number of hydrogen-bond donors (Lipinski definition) is 1. The maximum atomic E-state index is 11.9. The minimum absolute atomic E-state index is 0.125. The number of hydrogen-bond acceptors (Lipinski definition) is 3. The van der Waals surface area contributed by atoms with Crippen molar-refractivity contribution >= 4 is 11.7 Å². The van der Waals surface area contributed by atoms with Gasteiger partial charge in [0.15, 0.2) is 0 Å². The molecule has 18 heavy (non-hydrogen) atoms. The van der Waals surface area contributed by atoms with Gasteiger partial charge in [0.1, 0.15) is 5.82 Å². The molecule has 100 valence electrons. The highest BCUT2D eigenvalue weighted by Crippen LogP contribution is 2.11. The van der Waals surface area contributed by atoms with E-state index in [1.807, 2.05) is 45.0 Å². The van der Waals surface area contributed by atoms with Gasteiger partial charge in [-0.3, -0.25) is 4.79 Å². The van der Waals surface area contributed by atoms with Crippen LogP contribution in [0.5, 0.6) is 0 Å². The zero-order chi connectivity index (χ0) is 13.5. The highest BCUT2D eigenvalue weighted by Gasteiger charge is 2.13. The summed E-state index contributed by atoms with van der Waals surface area (Å²) in [6, 6.07) is 3.92. The Morgan fingerprint density at radius 2 is 2.06 bits per heavy atom. The topological polar surface area (TPSA) is 45.2 Å². The average molecular weight is 249 g/mol. The molecule has 0 unspecified atom stereocenters. The molecule has 1 amide bonds. The van der Waals surface area contributed by atoms with Crippen molar-refractivity contribution in [2.24, 2.45) is 5.92 Å². The van der Waals surface area contributed by atoms with Crippen LogP contribution in [0.3, 0.4) is 0 Å². The number of nitrogens with zero attached hydrogens (tertiary/aromatic N) is 2. The number of aromatic nitrogens is 1. The molecule has 4 heteroatoms. The largest absolute Gasteiger partial charge is 0.363 e. The molecule has 0 aliphatic heterocycles. The van der Waals surface area contributed by atoms with Gasteiger partial charge in [0, 0.05) is 32.8 Å². The van der Waals surface area contributed by atoms with Crippen LogP contribution < -0.4 is 10.2 Å². The SMILES string of the molecule is CCC(CC)C(=O)NCc1ccnc(N(C)C)c1. The van der Waals surface area contributed by atoms with Crippen molar-refractivity contribution in [2.75, 3.05) is 19.0 Å². The first-order chi connectivity index (χ1) is 8.58. The second kappa shape index (κ2) is 6.99. The quantitative estimate of drug-likeness (QED) is 0.840. The molecule has 0 fully saturated rings. The van der Waals surface area contributed by atoms with E-state index < -0.39 is 0 Å². The van der Waals surface area contributed by atoms with Crippen LogP contribution in [0.4, 0.5) is 5.82 Å². The summed E-state index contributed by atoms with van der Waals surface area (Å²) in [6.45, 7) is 4.66. The van der Waals surface area contributed by atoms with Gasteiger partial charge in [-0.1, -0.05) is 13.8 Å². The van der Waals surface area contributed by atoms with Crippen LogP contribution in [0, 0.1) is 5.92 Å². The van der Waals surface area contributed by atoms with Gasteiger partial charge < -0.3 is 10.2 Å². The Morgan fingerprint density at radius 1 is 1.39 bits per heavy atom. The van der Waals surface area contributed by atoms with Gasteiger partial charge in [0.25, 0.3) is 0 Å². The van der Waals surface area contributed by atoms with Gasteiger partial charge >= 0.3 is 0 Å². The Hall–Kier alpha value is -1.58. The van der Waals surface area contributed by atoms with E-state index in [2.05, 4.69) is 10.3 Å². The lowest BCUT2D eigenvalue weighted by Gasteiger charge is -2.14. The fraction of sp³-hybridized carbons (Fsp3) is 0.571. The molecule has 4 nitrogen and oxygen atoms in total. The molecule has 0 saturated carbocycles. The van der Waals surface area contributed by atoms with E-state index in [-0.39, 0.29) is 11.8 Å². The summed E-state index contributed by atoms with van der Waals surface area (Å²) in [5, 5.41) is 2.98. The van der Waals surface area contributed by atoms with Crippen LogP contribution >= 0.6 is 0 Å². The monoisotopic (exact) mass is 249 g/mol. The predicted molar refractivity (Wildman–Crippen MR) is 74.5 cm³/mol. The zero-order valence-electron chi connectivity index (χ0n) is 11.7. The number of rotatable bonds is 6. The van der Waals surface area contributed by atoms with E-state index in [9.17, 15) is 4.79 Å². The summed E-state index contributed by atoms with van der Waals surface area (Å²) < 4.78 is 0. The average Bonchev–Trinajstić information content (AvgIpc) is 2.38. The highest BCUT2D eigenvalue weighted by molar-refractivity contribution is 5.78. The summed E-state index contributed by atoms with van der Waals surface area (Å²) >= 11 is 0. The van der Waals surface area contributed by atoms with Gasteiger partial charge in [0.05, 0.1) is 0 Å². The van der Waals surface area contributed by atoms with Crippen LogP contribution in [0.25, 0.3) is 0 Å². The molecule has 0 aliphatic rings. The van der Waals surface area contributed by atoms with E-state index >= 15 is 0 Å². The maximum Gasteiger partial charge on any atom is 0.223 e. The van der Waals surface area contributed by atoms with Crippen molar-refractivity contribution in [3.63, 3.8) is 0 Å². The standard InChI is InChI=1S/C14H23N3O/c1-5-12(6-2)14(18)16-10-11-7-8-15-13(9-11)17(3)4/h7-9,12H,5-6,10H2,1-4H3,(H,16,18). The Balaban J connectivity index is 2.58. The number of carbonyl (C=O) groups excluding carboxylic acids is 1. The van der Waals surface area contributed by atoms with Crippen molar-refractivity contribution in [1.82, 2.24) is 10.3 Å².